The van der Waals surface area contributed by atoms with Gasteiger partial charge in [0.1, 0.15) is 5.75 Å². The van der Waals surface area contributed by atoms with E-state index < -0.39 is 5.82 Å². The van der Waals surface area contributed by atoms with Crippen molar-refractivity contribution in [3.05, 3.63) is 58.9 Å². The molecule has 4 nitrogen and oxygen atoms in total. The lowest BCUT2D eigenvalue weighted by Crippen LogP contribution is -2.38. The third-order valence-corrected chi connectivity index (χ3v) is 4.55. The zero-order valence-corrected chi connectivity index (χ0v) is 17.5. The van der Waals surface area contributed by atoms with E-state index in [1.54, 1.807) is 24.3 Å². The predicted molar refractivity (Wildman–Crippen MR) is 111 cm³/mol. The maximum atomic E-state index is 15.2. The first-order chi connectivity index (χ1) is 13.3. The first-order valence-electron chi connectivity index (χ1n) is 9.58. The summed E-state index contributed by atoms with van der Waals surface area (Å²) in [4.78, 5) is 12.0. The topological polar surface area (TPSA) is 50.4 Å². The molecule has 28 heavy (non-hydrogen) atoms. The first-order valence-corrected chi connectivity index (χ1v) is 9.95. The second-order valence-corrected chi connectivity index (χ2v) is 7.56. The van der Waals surface area contributed by atoms with Gasteiger partial charge in [-0.05, 0) is 45.4 Å². The molecule has 2 rings (SSSR count). The largest absolute Gasteiger partial charge is 0.453 e. The van der Waals surface area contributed by atoms with Crippen molar-refractivity contribution in [1.29, 1.82) is 0 Å². The maximum absolute atomic E-state index is 15.2. The van der Waals surface area contributed by atoms with Crippen molar-refractivity contribution >= 4 is 17.5 Å². The number of amides is 1. The smallest absolute Gasteiger partial charge is 0.221 e. The summed E-state index contributed by atoms with van der Waals surface area (Å²) < 4.78 is 20.9. The summed E-state index contributed by atoms with van der Waals surface area (Å²) in [5, 5.41) is 6.42. The normalized spacial score (nSPS) is 13.2. The van der Waals surface area contributed by atoms with E-state index in [2.05, 4.69) is 10.6 Å². The number of para-hydroxylation sites is 1. The first kappa shape index (κ1) is 22.2. The van der Waals surface area contributed by atoms with Gasteiger partial charge in [0.25, 0.3) is 0 Å². The minimum absolute atomic E-state index is 0.0100. The Hall–Kier alpha value is -2.11. The molecule has 0 spiro atoms. The van der Waals surface area contributed by atoms with Crippen LogP contribution in [-0.4, -0.2) is 18.0 Å². The number of carbonyl (C=O) groups is 1. The number of carbonyl (C=O) groups excluding carboxylic acids is 1. The third kappa shape index (κ3) is 6.21. The number of ether oxygens (including phenoxy) is 1. The number of hydrogen-bond acceptors (Lipinski definition) is 3. The van der Waals surface area contributed by atoms with Gasteiger partial charge in [-0.15, -0.1) is 0 Å². The van der Waals surface area contributed by atoms with E-state index in [1.165, 1.54) is 0 Å². The molecule has 1 amide bonds. The Balaban J connectivity index is 2.17. The molecule has 0 aromatic heterocycles. The van der Waals surface area contributed by atoms with Crippen LogP contribution in [0.4, 0.5) is 4.39 Å². The van der Waals surface area contributed by atoms with Gasteiger partial charge in [0.2, 0.25) is 5.91 Å². The monoisotopic (exact) mass is 406 g/mol. The summed E-state index contributed by atoms with van der Waals surface area (Å²) in [5.41, 5.74) is 0.467. The third-order valence-electron chi connectivity index (χ3n) is 4.25. The van der Waals surface area contributed by atoms with Crippen LogP contribution in [0.5, 0.6) is 11.5 Å². The van der Waals surface area contributed by atoms with Gasteiger partial charge in [-0.1, -0.05) is 42.8 Å². The number of rotatable bonds is 9. The molecular formula is C22H28ClFN2O2. The van der Waals surface area contributed by atoms with Crippen LogP contribution < -0.4 is 15.4 Å². The van der Waals surface area contributed by atoms with Crippen molar-refractivity contribution in [2.24, 2.45) is 0 Å². The van der Waals surface area contributed by atoms with E-state index in [0.717, 1.165) is 0 Å². The molecule has 0 aliphatic rings. The highest BCUT2D eigenvalue weighted by Gasteiger charge is 2.22. The molecule has 0 radical (unpaired) electrons. The molecule has 0 aliphatic carbocycles. The zero-order valence-electron chi connectivity index (χ0n) is 16.8. The fourth-order valence-corrected chi connectivity index (χ4v) is 3.19. The molecule has 0 saturated carbocycles. The van der Waals surface area contributed by atoms with Gasteiger partial charge in [-0.2, -0.15) is 0 Å². The summed E-state index contributed by atoms with van der Waals surface area (Å²) >= 11 is 6.18. The average Bonchev–Trinajstić information content (AvgIpc) is 2.63. The lowest BCUT2D eigenvalue weighted by atomic mass is 10.0. The Bertz CT molecular complexity index is 784. The Morgan fingerprint density at radius 1 is 1.14 bits per heavy atom. The molecule has 0 fully saturated rings. The quantitative estimate of drug-likeness (QED) is 0.568. The zero-order chi connectivity index (χ0) is 20.7. The van der Waals surface area contributed by atoms with Crippen molar-refractivity contribution in [3.63, 3.8) is 0 Å². The van der Waals surface area contributed by atoms with E-state index in [1.807, 2.05) is 45.9 Å². The van der Waals surface area contributed by atoms with Crippen LogP contribution in [-0.2, 0) is 4.79 Å². The van der Waals surface area contributed by atoms with Crippen LogP contribution in [0, 0.1) is 5.82 Å². The Labute approximate surface area is 171 Å². The van der Waals surface area contributed by atoms with Crippen LogP contribution in [0.1, 0.15) is 52.1 Å². The highest BCUT2D eigenvalue weighted by Crippen LogP contribution is 2.36. The summed E-state index contributed by atoms with van der Waals surface area (Å²) in [6.07, 6.45) is 0.969. The summed E-state index contributed by atoms with van der Waals surface area (Å²) in [7, 11) is 0. The van der Waals surface area contributed by atoms with Crippen molar-refractivity contribution < 1.29 is 13.9 Å². The second kappa shape index (κ2) is 10.4. The molecular weight excluding hydrogens is 379 g/mol. The number of hydrogen-bond donors (Lipinski definition) is 2. The van der Waals surface area contributed by atoms with Crippen LogP contribution in [0.15, 0.2) is 42.5 Å². The Kier molecular flexibility index (Phi) is 8.27. The van der Waals surface area contributed by atoms with E-state index in [9.17, 15) is 4.79 Å². The molecule has 2 atom stereocenters. The van der Waals surface area contributed by atoms with Crippen molar-refractivity contribution in [1.82, 2.24) is 10.6 Å². The van der Waals surface area contributed by atoms with Gasteiger partial charge in [-0.3, -0.25) is 4.79 Å². The molecule has 2 N–H and O–H groups in total. The van der Waals surface area contributed by atoms with Crippen molar-refractivity contribution in [3.8, 4) is 11.5 Å². The number of benzene rings is 2. The molecule has 0 bridgehead atoms. The summed E-state index contributed by atoms with van der Waals surface area (Å²) in [6, 6.07) is 12.0. The standard InChI is InChI=1S/C22H28ClFN2O2/c1-5-19(26-15(4)13-20(27)25-14(2)3)17-11-12-18(23)22(21(17)24)28-16-9-7-6-8-10-16/h6-12,14-15,19,26H,5,13H2,1-4H3,(H,25,27)/t15?,19-/m1/s1. The minimum atomic E-state index is -0.491. The Morgan fingerprint density at radius 3 is 2.43 bits per heavy atom. The van der Waals surface area contributed by atoms with Gasteiger partial charge in [0.15, 0.2) is 11.6 Å². The van der Waals surface area contributed by atoms with E-state index in [4.69, 9.17) is 16.3 Å². The second-order valence-electron chi connectivity index (χ2n) is 7.15. The van der Waals surface area contributed by atoms with Gasteiger partial charge in [0.05, 0.1) is 5.02 Å². The SMILES string of the molecule is CC[C@@H](NC(C)CC(=O)NC(C)C)c1ccc(Cl)c(Oc2ccccc2)c1F. The van der Waals surface area contributed by atoms with Gasteiger partial charge < -0.3 is 15.4 Å². The summed E-state index contributed by atoms with van der Waals surface area (Å²) in [6.45, 7) is 7.71. The lowest BCUT2D eigenvalue weighted by molar-refractivity contribution is -0.122. The summed E-state index contributed by atoms with van der Waals surface area (Å²) in [5.74, 6) is 0.0000638. The van der Waals surface area contributed by atoms with Crippen molar-refractivity contribution in [2.75, 3.05) is 0 Å². The van der Waals surface area contributed by atoms with Crippen LogP contribution in [0.3, 0.4) is 0 Å². The van der Waals surface area contributed by atoms with Crippen LogP contribution >= 0.6 is 11.6 Å². The molecule has 152 valence electrons. The Morgan fingerprint density at radius 2 is 1.82 bits per heavy atom. The predicted octanol–water partition coefficient (Wildman–Crippen LogP) is 5.62. The van der Waals surface area contributed by atoms with Crippen LogP contribution in [0.2, 0.25) is 5.02 Å². The minimum Gasteiger partial charge on any atom is -0.453 e. The van der Waals surface area contributed by atoms with Gasteiger partial charge in [0, 0.05) is 30.1 Å². The number of nitrogens with one attached hydrogen (secondary N) is 2. The molecule has 2 aromatic rings. The molecule has 6 heteroatoms. The van der Waals surface area contributed by atoms with Crippen molar-refractivity contribution in [2.45, 2.75) is 58.7 Å². The molecule has 0 heterocycles. The average molecular weight is 407 g/mol. The highest BCUT2D eigenvalue weighted by molar-refractivity contribution is 6.32. The van der Waals surface area contributed by atoms with E-state index in [0.29, 0.717) is 24.2 Å². The van der Waals surface area contributed by atoms with Gasteiger partial charge >= 0.3 is 0 Å². The number of halogens is 2. The fourth-order valence-electron chi connectivity index (χ4n) is 3.01. The highest BCUT2D eigenvalue weighted by atomic mass is 35.5. The van der Waals surface area contributed by atoms with Crippen LogP contribution in [0.25, 0.3) is 0 Å². The lowest BCUT2D eigenvalue weighted by Gasteiger charge is -2.24. The molecule has 2 aromatic carbocycles. The molecule has 0 saturated heterocycles. The van der Waals surface area contributed by atoms with E-state index >= 15 is 4.39 Å². The maximum Gasteiger partial charge on any atom is 0.221 e. The van der Waals surface area contributed by atoms with E-state index in [-0.39, 0.29) is 34.8 Å². The van der Waals surface area contributed by atoms with Gasteiger partial charge in [-0.25, -0.2) is 4.39 Å². The molecule has 0 aliphatic heterocycles. The fraction of sp³-hybridized carbons (Fsp3) is 0.409. The molecule has 1 unspecified atom stereocenters.